The number of halogens is 5. The Hall–Kier alpha value is -0.680. The third kappa shape index (κ3) is 3.08. The first kappa shape index (κ1) is 14.7. The average molecular weight is 368 g/mol. The molecule has 0 saturated heterocycles. The van der Waals surface area contributed by atoms with Crippen LogP contribution in [-0.2, 0) is 0 Å². The zero-order chi connectivity index (χ0) is 14.2. The van der Waals surface area contributed by atoms with Gasteiger partial charge in [-0.25, -0.2) is 8.78 Å². The number of benzene rings is 2. The van der Waals surface area contributed by atoms with E-state index in [9.17, 15) is 13.9 Å². The molecule has 0 aliphatic carbocycles. The molecule has 1 atom stereocenters. The first-order chi connectivity index (χ1) is 8.90. The van der Waals surface area contributed by atoms with E-state index < -0.39 is 17.7 Å². The summed E-state index contributed by atoms with van der Waals surface area (Å²) in [6.07, 6.45) is -1.23. The lowest BCUT2D eigenvalue weighted by atomic mass is 10.0. The number of aliphatic hydroxyl groups excluding tert-OH is 1. The fraction of sp³-hybridized carbons (Fsp3) is 0.0769. The van der Waals surface area contributed by atoms with Crippen molar-refractivity contribution >= 4 is 39.1 Å². The zero-order valence-corrected chi connectivity index (χ0v) is 12.4. The molecular weight excluding hydrogens is 361 g/mol. The maximum Gasteiger partial charge on any atom is 0.160 e. The van der Waals surface area contributed by atoms with Gasteiger partial charge in [0, 0.05) is 25.6 Å². The lowest BCUT2D eigenvalue weighted by Gasteiger charge is -2.15. The molecule has 2 rings (SSSR count). The Kier molecular flexibility index (Phi) is 4.46. The van der Waals surface area contributed by atoms with E-state index in [0.717, 1.165) is 16.6 Å². The Bertz CT molecular complexity index is 634. The predicted octanol–water partition coefficient (Wildman–Crippen LogP) is 5.12. The molecular formula is C13H7BrCl2F2O. The maximum absolute atomic E-state index is 13.2. The highest BCUT2D eigenvalue weighted by Gasteiger charge is 2.19. The summed E-state index contributed by atoms with van der Waals surface area (Å²) in [5.74, 6) is -2.14. The van der Waals surface area contributed by atoms with Crippen LogP contribution >= 0.6 is 39.1 Å². The van der Waals surface area contributed by atoms with Gasteiger partial charge in [0.05, 0.1) is 0 Å². The number of rotatable bonds is 2. The fourth-order valence-electron chi connectivity index (χ4n) is 1.64. The first-order valence-corrected chi connectivity index (χ1v) is 6.72. The maximum atomic E-state index is 13.2. The van der Waals surface area contributed by atoms with Gasteiger partial charge in [-0.1, -0.05) is 45.2 Å². The largest absolute Gasteiger partial charge is 0.384 e. The van der Waals surface area contributed by atoms with Crippen LogP contribution in [0, 0.1) is 11.6 Å². The van der Waals surface area contributed by atoms with Crippen LogP contribution in [0.1, 0.15) is 17.2 Å². The van der Waals surface area contributed by atoms with Crippen LogP contribution < -0.4 is 0 Å². The summed E-state index contributed by atoms with van der Waals surface area (Å²) in [6, 6.07) is 6.53. The summed E-state index contributed by atoms with van der Waals surface area (Å²) >= 11 is 15.0. The summed E-state index contributed by atoms with van der Waals surface area (Å²) in [5.41, 5.74) is 0.419. The molecule has 0 aromatic heterocycles. The topological polar surface area (TPSA) is 20.2 Å². The van der Waals surface area contributed by atoms with Gasteiger partial charge in [0.1, 0.15) is 6.10 Å². The van der Waals surface area contributed by atoms with Crippen molar-refractivity contribution in [2.75, 3.05) is 0 Å². The summed E-state index contributed by atoms with van der Waals surface area (Å²) < 4.78 is 26.9. The molecule has 1 unspecified atom stereocenters. The standard InChI is InChI=1S/C13H7BrCl2F2O/c14-6-1-2-7(9(15)3-6)13(19)8-4-11(17)12(18)5-10(8)16/h1-5,13,19H. The van der Waals surface area contributed by atoms with Crippen LogP contribution in [0.15, 0.2) is 34.8 Å². The van der Waals surface area contributed by atoms with E-state index in [1.54, 1.807) is 18.2 Å². The molecule has 0 bridgehead atoms. The van der Waals surface area contributed by atoms with Gasteiger partial charge < -0.3 is 5.11 Å². The monoisotopic (exact) mass is 366 g/mol. The normalized spacial score (nSPS) is 12.5. The van der Waals surface area contributed by atoms with Crippen molar-refractivity contribution in [1.29, 1.82) is 0 Å². The van der Waals surface area contributed by atoms with Crippen LogP contribution in [0.25, 0.3) is 0 Å². The molecule has 1 N–H and O–H groups in total. The van der Waals surface area contributed by atoms with E-state index in [1.807, 2.05) is 0 Å². The van der Waals surface area contributed by atoms with E-state index in [2.05, 4.69) is 15.9 Å². The Morgan fingerprint density at radius 1 is 0.947 bits per heavy atom. The van der Waals surface area contributed by atoms with E-state index in [-0.39, 0.29) is 10.6 Å². The van der Waals surface area contributed by atoms with Gasteiger partial charge in [-0.15, -0.1) is 0 Å². The first-order valence-electron chi connectivity index (χ1n) is 5.17. The molecule has 0 amide bonds. The van der Waals surface area contributed by atoms with E-state index in [4.69, 9.17) is 23.2 Å². The summed E-state index contributed by atoms with van der Waals surface area (Å²) in [4.78, 5) is 0. The van der Waals surface area contributed by atoms with Gasteiger partial charge in [-0.05, 0) is 24.3 Å². The second kappa shape index (κ2) is 5.75. The summed E-state index contributed by atoms with van der Waals surface area (Å²) in [5, 5.41) is 10.4. The minimum Gasteiger partial charge on any atom is -0.384 e. The van der Waals surface area contributed by atoms with Crippen LogP contribution in [0.2, 0.25) is 10.0 Å². The molecule has 0 fully saturated rings. The second-order valence-corrected chi connectivity index (χ2v) is 5.59. The van der Waals surface area contributed by atoms with Crippen molar-refractivity contribution in [3.05, 3.63) is 67.6 Å². The van der Waals surface area contributed by atoms with E-state index >= 15 is 0 Å². The summed E-state index contributed by atoms with van der Waals surface area (Å²) in [7, 11) is 0. The van der Waals surface area contributed by atoms with E-state index in [0.29, 0.717) is 10.6 Å². The number of hydrogen-bond donors (Lipinski definition) is 1. The second-order valence-electron chi connectivity index (χ2n) is 3.86. The van der Waals surface area contributed by atoms with Crippen molar-refractivity contribution < 1.29 is 13.9 Å². The molecule has 100 valence electrons. The minimum absolute atomic E-state index is 0.0600. The molecule has 0 aliphatic heterocycles. The number of aliphatic hydroxyl groups is 1. The molecule has 0 saturated carbocycles. The van der Waals surface area contributed by atoms with E-state index in [1.165, 1.54) is 0 Å². The third-order valence-electron chi connectivity index (χ3n) is 2.59. The van der Waals surface area contributed by atoms with Gasteiger partial charge in [0.25, 0.3) is 0 Å². The SMILES string of the molecule is OC(c1ccc(Br)cc1Cl)c1cc(F)c(F)cc1Cl. The Morgan fingerprint density at radius 3 is 2.16 bits per heavy atom. The smallest absolute Gasteiger partial charge is 0.160 e. The highest BCUT2D eigenvalue weighted by Crippen LogP contribution is 2.34. The quantitative estimate of drug-likeness (QED) is 0.730. The van der Waals surface area contributed by atoms with Crippen LogP contribution in [-0.4, -0.2) is 5.11 Å². The summed E-state index contributed by atoms with van der Waals surface area (Å²) in [6.45, 7) is 0. The van der Waals surface area contributed by atoms with Crippen LogP contribution in [0.4, 0.5) is 8.78 Å². The van der Waals surface area contributed by atoms with Gasteiger partial charge >= 0.3 is 0 Å². The molecule has 1 nitrogen and oxygen atoms in total. The molecule has 0 aliphatic rings. The van der Waals surface area contributed by atoms with Gasteiger partial charge in [-0.3, -0.25) is 0 Å². The predicted molar refractivity (Wildman–Crippen MR) is 74.6 cm³/mol. The van der Waals surface area contributed by atoms with Crippen molar-refractivity contribution in [2.24, 2.45) is 0 Å². The Morgan fingerprint density at radius 2 is 1.53 bits per heavy atom. The average Bonchev–Trinajstić information content (AvgIpc) is 2.33. The minimum atomic E-state index is -1.23. The van der Waals surface area contributed by atoms with Gasteiger partial charge in [0.2, 0.25) is 0 Å². The Balaban J connectivity index is 2.49. The van der Waals surface area contributed by atoms with Crippen molar-refractivity contribution in [3.8, 4) is 0 Å². The highest BCUT2D eigenvalue weighted by atomic mass is 79.9. The third-order valence-corrected chi connectivity index (χ3v) is 3.74. The Labute approximate surface area is 126 Å². The molecule has 2 aromatic rings. The molecule has 2 aromatic carbocycles. The fourth-order valence-corrected chi connectivity index (χ4v) is 2.67. The lowest BCUT2D eigenvalue weighted by molar-refractivity contribution is 0.219. The van der Waals surface area contributed by atoms with Crippen molar-refractivity contribution in [3.63, 3.8) is 0 Å². The van der Waals surface area contributed by atoms with Crippen molar-refractivity contribution in [1.82, 2.24) is 0 Å². The van der Waals surface area contributed by atoms with Crippen molar-refractivity contribution in [2.45, 2.75) is 6.10 Å². The highest BCUT2D eigenvalue weighted by molar-refractivity contribution is 9.10. The number of hydrogen-bond acceptors (Lipinski definition) is 1. The van der Waals surface area contributed by atoms with Gasteiger partial charge in [0.15, 0.2) is 11.6 Å². The van der Waals surface area contributed by atoms with Crippen LogP contribution in [0.3, 0.4) is 0 Å². The molecule has 6 heteroatoms. The zero-order valence-electron chi connectivity index (χ0n) is 9.30. The molecule has 0 radical (unpaired) electrons. The molecule has 0 heterocycles. The molecule has 0 spiro atoms. The lowest BCUT2D eigenvalue weighted by Crippen LogP contribution is -2.03. The van der Waals surface area contributed by atoms with Crippen LogP contribution in [0.5, 0.6) is 0 Å². The molecule has 19 heavy (non-hydrogen) atoms. The van der Waals surface area contributed by atoms with Gasteiger partial charge in [-0.2, -0.15) is 0 Å².